The molecule has 3 fully saturated rings. The van der Waals surface area contributed by atoms with Crippen LogP contribution in [0.2, 0.25) is 0 Å². The van der Waals surface area contributed by atoms with E-state index in [0.29, 0.717) is 11.8 Å². The lowest BCUT2D eigenvalue weighted by molar-refractivity contribution is -0.129. The van der Waals surface area contributed by atoms with Crippen molar-refractivity contribution in [1.82, 2.24) is 0 Å². The number of aliphatic hydroxyl groups is 1. The smallest absolute Gasteiger partial charge is 0.0701 e. The van der Waals surface area contributed by atoms with Crippen LogP contribution in [0.4, 0.5) is 0 Å². The van der Waals surface area contributed by atoms with E-state index in [1.54, 1.807) is 0 Å². The van der Waals surface area contributed by atoms with Gasteiger partial charge in [-0.3, -0.25) is 0 Å². The van der Waals surface area contributed by atoms with Crippen LogP contribution in [0.25, 0.3) is 0 Å². The zero-order chi connectivity index (χ0) is 14.7. The first-order valence-corrected chi connectivity index (χ1v) is 10.3. The SMILES string of the molecule is CCC1CCCC(C(O)C2CCOC3(CCSCC3)C2)C1. The summed E-state index contributed by atoms with van der Waals surface area (Å²) in [4.78, 5) is 0. The minimum atomic E-state index is -0.0743. The van der Waals surface area contributed by atoms with Gasteiger partial charge < -0.3 is 9.84 Å². The van der Waals surface area contributed by atoms with E-state index in [1.807, 2.05) is 0 Å². The standard InChI is InChI=1S/C18H32O2S/c1-2-14-4-3-5-15(12-14)17(19)16-6-9-20-18(13-16)7-10-21-11-8-18/h14-17,19H,2-13H2,1H3. The lowest BCUT2D eigenvalue weighted by Gasteiger charge is -2.46. The van der Waals surface area contributed by atoms with Crippen molar-refractivity contribution in [3.05, 3.63) is 0 Å². The highest BCUT2D eigenvalue weighted by Crippen LogP contribution is 2.43. The van der Waals surface area contributed by atoms with Gasteiger partial charge in [0, 0.05) is 6.61 Å². The second kappa shape index (κ2) is 7.23. The molecule has 2 nitrogen and oxygen atoms in total. The molecule has 2 saturated heterocycles. The molecule has 0 bridgehead atoms. The number of thioether (sulfide) groups is 1. The average Bonchev–Trinajstić information content (AvgIpc) is 2.55. The van der Waals surface area contributed by atoms with E-state index in [4.69, 9.17) is 4.74 Å². The highest BCUT2D eigenvalue weighted by atomic mass is 32.2. The van der Waals surface area contributed by atoms with Crippen molar-refractivity contribution >= 4 is 11.8 Å². The van der Waals surface area contributed by atoms with Crippen LogP contribution in [-0.4, -0.2) is 34.9 Å². The predicted molar refractivity (Wildman–Crippen MR) is 89.7 cm³/mol. The summed E-state index contributed by atoms with van der Waals surface area (Å²) in [5.74, 6) is 4.39. The number of ether oxygens (including phenoxy) is 1. The lowest BCUT2D eigenvalue weighted by Crippen LogP contribution is -2.47. The molecular formula is C18H32O2S. The largest absolute Gasteiger partial charge is 0.393 e. The molecule has 0 aromatic carbocycles. The van der Waals surface area contributed by atoms with Crippen LogP contribution in [0.1, 0.15) is 64.7 Å². The Hall–Kier alpha value is 0.270. The fourth-order valence-electron chi connectivity index (χ4n) is 4.85. The number of hydrogen-bond donors (Lipinski definition) is 1. The van der Waals surface area contributed by atoms with Gasteiger partial charge in [0.2, 0.25) is 0 Å². The second-order valence-electron chi connectivity index (χ2n) is 7.59. The Morgan fingerprint density at radius 1 is 1.19 bits per heavy atom. The van der Waals surface area contributed by atoms with Crippen LogP contribution in [-0.2, 0) is 4.74 Å². The first-order valence-electron chi connectivity index (χ1n) is 9.12. The van der Waals surface area contributed by atoms with Gasteiger partial charge in [-0.2, -0.15) is 11.8 Å². The summed E-state index contributed by atoms with van der Waals surface area (Å²) in [6.07, 6.45) is 11.0. The summed E-state index contributed by atoms with van der Waals surface area (Å²) in [7, 11) is 0. The fraction of sp³-hybridized carbons (Fsp3) is 1.00. The molecule has 0 aromatic heterocycles. The maximum atomic E-state index is 11.0. The van der Waals surface area contributed by atoms with Gasteiger partial charge in [-0.05, 0) is 67.8 Å². The van der Waals surface area contributed by atoms with E-state index < -0.39 is 0 Å². The van der Waals surface area contributed by atoms with Crippen LogP contribution in [0.3, 0.4) is 0 Å². The minimum absolute atomic E-state index is 0.0743. The molecular weight excluding hydrogens is 280 g/mol. The zero-order valence-corrected chi connectivity index (χ0v) is 14.4. The summed E-state index contributed by atoms with van der Waals surface area (Å²) in [6, 6.07) is 0. The maximum Gasteiger partial charge on any atom is 0.0701 e. The van der Waals surface area contributed by atoms with Crippen LogP contribution in [0.15, 0.2) is 0 Å². The van der Waals surface area contributed by atoms with Gasteiger partial charge in [-0.15, -0.1) is 0 Å². The van der Waals surface area contributed by atoms with Gasteiger partial charge in [0.25, 0.3) is 0 Å². The second-order valence-corrected chi connectivity index (χ2v) is 8.81. The van der Waals surface area contributed by atoms with Crippen LogP contribution in [0, 0.1) is 17.8 Å². The molecule has 2 heterocycles. The summed E-state index contributed by atoms with van der Waals surface area (Å²) in [5.41, 5.74) is 0.119. The Morgan fingerprint density at radius 3 is 2.76 bits per heavy atom. The number of aliphatic hydroxyl groups excluding tert-OH is 1. The summed E-state index contributed by atoms with van der Waals surface area (Å²) < 4.78 is 6.19. The van der Waals surface area contributed by atoms with Crippen LogP contribution in [0.5, 0.6) is 0 Å². The molecule has 1 saturated carbocycles. The molecule has 122 valence electrons. The van der Waals surface area contributed by atoms with Crippen molar-refractivity contribution in [2.75, 3.05) is 18.1 Å². The molecule has 3 heteroatoms. The Kier molecular flexibility index (Phi) is 5.55. The van der Waals surface area contributed by atoms with Crippen molar-refractivity contribution in [3.8, 4) is 0 Å². The molecule has 1 spiro atoms. The Bertz CT molecular complexity index is 322. The molecule has 3 aliphatic rings. The molecule has 4 atom stereocenters. The van der Waals surface area contributed by atoms with E-state index in [0.717, 1.165) is 25.4 Å². The molecule has 0 radical (unpaired) electrons. The van der Waals surface area contributed by atoms with Gasteiger partial charge in [0.05, 0.1) is 11.7 Å². The quantitative estimate of drug-likeness (QED) is 0.844. The Balaban J connectivity index is 1.59. The van der Waals surface area contributed by atoms with Crippen molar-refractivity contribution < 1.29 is 9.84 Å². The number of hydrogen-bond acceptors (Lipinski definition) is 3. The highest BCUT2D eigenvalue weighted by Gasteiger charge is 2.42. The maximum absolute atomic E-state index is 11.0. The molecule has 1 N–H and O–H groups in total. The van der Waals surface area contributed by atoms with E-state index >= 15 is 0 Å². The van der Waals surface area contributed by atoms with Gasteiger partial charge >= 0.3 is 0 Å². The van der Waals surface area contributed by atoms with E-state index in [2.05, 4.69) is 18.7 Å². The zero-order valence-electron chi connectivity index (χ0n) is 13.6. The van der Waals surface area contributed by atoms with Crippen molar-refractivity contribution in [2.24, 2.45) is 17.8 Å². The normalized spacial score (nSPS) is 38.3. The molecule has 2 aliphatic heterocycles. The third-order valence-corrected chi connectivity index (χ3v) is 7.29. The third kappa shape index (κ3) is 3.79. The van der Waals surface area contributed by atoms with Crippen molar-refractivity contribution in [1.29, 1.82) is 0 Å². The predicted octanol–water partition coefficient (Wildman–Crippen LogP) is 4.26. The van der Waals surface area contributed by atoms with Gasteiger partial charge in [-0.25, -0.2) is 0 Å². The molecule has 0 amide bonds. The molecule has 21 heavy (non-hydrogen) atoms. The summed E-state index contributed by atoms with van der Waals surface area (Å²) in [5, 5.41) is 11.0. The van der Waals surface area contributed by atoms with Gasteiger partial charge in [-0.1, -0.05) is 26.2 Å². The Labute approximate surface area is 134 Å². The van der Waals surface area contributed by atoms with Gasteiger partial charge in [0.1, 0.15) is 0 Å². The topological polar surface area (TPSA) is 29.5 Å². The van der Waals surface area contributed by atoms with Crippen LogP contribution < -0.4 is 0 Å². The lowest BCUT2D eigenvalue weighted by atomic mass is 9.71. The van der Waals surface area contributed by atoms with E-state index in [-0.39, 0.29) is 11.7 Å². The molecule has 1 aliphatic carbocycles. The molecule has 3 rings (SSSR count). The summed E-state index contributed by atoms with van der Waals surface area (Å²) >= 11 is 2.06. The first-order chi connectivity index (χ1) is 10.2. The highest BCUT2D eigenvalue weighted by molar-refractivity contribution is 7.99. The van der Waals surface area contributed by atoms with E-state index in [1.165, 1.54) is 56.5 Å². The average molecular weight is 313 g/mol. The van der Waals surface area contributed by atoms with Gasteiger partial charge in [0.15, 0.2) is 0 Å². The third-order valence-electron chi connectivity index (χ3n) is 6.30. The van der Waals surface area contributed by atoms with Crippen molar-refractivity contribution in [3.63, 3.8) is 0 Å². The van der Waals surface area contributed by atoms with E-state index in [9.17, 15) is 5.11 Å². The van der Waals surface area contributed by atoms with Crippen molar-refractivity contribution in [2.45, 2.75) is 76.4 Å². The van der Waals surface area contributed by atoms with Crippen LogP contribution >= 0.6 is 11.8 Å². The monoisotopic (exact) mass is 312 g/mol. The fourth-order valence-corrected chi connectivity index (χ4v) is 6.08. The molecule has 4 unspecified atom stereocenters. The summed E-state index contributed by atoms with van der Waals surface area (Å²) in [6.45, 7) is 3.18. The number of rotatable bonds is 3. The first kappa shape index (κ1) is 16.1. The minimum Gasteiger partial charge on any atom is -0.393 e. The Morgan fingerprint density at radius 2 is 2.00 bits per heavy atom. The molecule has 0 aromatic rings.